The van der Waals surface area contributed by atoms with Crippen molar-refractivity contribution in [3.8, 4) is 0 Å². The van der Waals surface area contributed by atoms with Crippen LogP contribution in [-0.2, 0) is 14.8 Å². The van der Waals surface area contributed by atoms with Crippen molar-refractivity contribution < 1.29 is 97.2 Å². The molecule has 0 radical (unpaired) electrons. The zero-order valence-electron chi connectivity index (χ0n) is 10.3. The van der Waals surface area contributed by atoms with Gasteiger partial charge < -0.3 is 15.0 Å². The van der Waals surface area contributed by atoms with E-state index in [9.17, 15) is 28.4 Å². The van der Waals surface area contributed by atoms with Crippen LogP contribution in [-0.4, -0.2) is 37.1 Å². The molecule has 0 heterocycles. The number of benzene rings is 1. The first-order valence-electron chi connectivity index (χ1n) is 4.87. The quantitative estimate of drug-likeness (QED) is 0.344. The van der Waals surface area contributed by atoms with Crippen molar-refractivity contribution in [2.45, 2.75) is 10.9 Å². The van der Waals surface area contributed by atoms with Crippen LogP contribution in [0.15, 0.2) is 29.2 Å². The summed E-state index contributed by atoms with van der Waals surface area (Å²) in [6.07, 6.45) is 0. The van der Waals surface area contributed by atoms with E-state index in [4.69, 9.17) is 5.11 Å². The van der Waals surface area contributed by atoms with Gasteiger partial charge in [0, 0.05) is 6.07 Å². The van der Waals surface area contributed by atoms with E-state index in [2.05, 4.69) is 0 Å². The van der Waals surface area contributed by atoms with Gasteiger partial charge >= 0.3 is 68.9 Å². The van der Waals surface area contributed by atoms with Gasteiger partial charge in [0.1, 0.15) is 0 Å². The summed E-state index contributed by atoms with van der Waals surface area (Å²) in [5.41, 5.74) is -0.704. The first kappa shape index (κ1) is 20.0. The average molecular weight is 422 g/mol. The number of nitrogens with zero attached hydrogens (tertiary/aromatic N) is 1. The van der Waals surface area contributed by atoms with Gasteiger partial charge in [0.15, 0.2) is 4.90 Å². The van der Waals surface area contributed by atoms with Crippen molar-refractivity contribution in [3.05, 3.63) is 34.4 Å². The van der Waals surface area contributed by atoms with E-state index in [1.165, 1.54) is 12.1 Å². The van der Waals surface area contributed by atoms with Crippen molar-refractivity contribution in [1.29, 1.82) is 0 Å². The molecule has 0 aliphatic rings. The molecule has 1 aromatic carbocycles. The topological polar surface area (TPSA) is 150 Å². The van der Waals surface area contributed by atoms with Crippen molar-refractivity contribution in [1.82, 2.24) is 4.72 Å². The molecule has 11 heteroatoms. The molecule has 2 N–H and O–H groups in total. The molecule has 0 aliphatic carbocycles. The maximum atomic E-state index is 11.8. The Morgan fingerprint density at radius 1 is 1.40 bits per heavy atom. The number of carbonyl (C=O) groups is 1. The van der Waals surface area contributed by atoms with E-state index in [-0.39, 0.29) is 68.9 Å². The van der Waals surface area contributed by atoms with Crippen LogP contribution in [0.2, 0.25) is 0 Å². The number of aliphatic hydroxyl groups excluding tert-OH is 1. The fourth-order valence-corrected chi connectivity index (χ4v) is 2.59. The van der Waals surface area contributed by atoms with E-state index in [0.29, 0.717) is 0 Å². The molecular weight excluding hydrogens is 413 g/mol. The Morgan fingerprint density at radius 2 is 1.95 bits per heavy atom. The normalized spacial score (nSPS) is 12.2. The summed E-state index contributed by atoms with van der Waals surface area (Å²) in [5.74, 6) is -1.84. The summed E-state index contributed by atoms with van der Waals surface area (Å²) >= 11 is 0. The van der Waals surface area contributed by atoms with Crippen molar-refractivity contribution in [3.63, 3.8) is 0 Å². The molecule has 0 aliphatic heterocycles. The molecule has 0 amide bonds. The molecule has 0 fully saturated rings. The molecule has 20 heavy (non-hydrogen) atoms. The van der Waals surface area contributed by atoms with Gasteiger partial charge in [-0.05, 0) is 6.07 Å². The largest absolute Gasteiger partial charge is 1.00 e. The Bertz CT molecular complexity index is 604. The molecule has 1 atom stereocenters. The number of carboxylic acid groups (broad SMARTS) is 1. The third-order valence-corrected chi connectivity index (χ3v) is 3.64. The van der Waals surface area contributed by atoms with Crippen LogP contribution in [0.25, 0.3) is 0 Å². The number of aliphatic carboxylic acids is 1. The summed E-state index contributed by atoms with van der Waals surface area (Å²) in [5, 5.41) is 29.9. The predicted octanol–water partition coefficient (Wildman–Crippen LogP) is -5.01. The van der Waals surface area contributed by atoms with Crippen LogP contribution < -0.4 is 78.7 Å². The molecule has 0 spiro atoms. The maximum absolute atomic E-state index is 11.8. The number of para-hydroxylation sites is 1. The van der Waals surface area contributed by atoms with Crippen LogP contribution in [0.3, 0.4) is 0 Å². The molecule has 0 saturated carbocycles. The number of nitrogens with one attached hydrogen (secondary N) is 1. The van der Waals surface area contributed by atoms with E-state index < -0.39 is 44.1 Å². The zero-order valence-corrected chi connectivity index (χ0v) is 17.4. The van der Waals surface area contributed by atoms with Gasteiger partial charge in [-0.25, -0.2) is 8.42 Å². The Balaban J connectivity index is 0.00000361. The van der Waals surface area contributed by atoms with Gasteiger partial charge in [-0.2, -0.15) is 4.72 Å². The van der Waals surface area contributed by atoms with Crippen LogP contribution in [0, 0.1) is 10.1 Å². The first-order chi connectivity index (χ1) is 8.79. The molecule has 1 aromatic rings. The molecule has 9 nitrogen and oxygen atoms in total. The average Bonchev–Trinajstić information content (AvgIpc) is 2.35. The predicted molar refractivity (Wildman–Crippen MR) is 59.3 cm³/mol. The molecule has 104 valence electrons. The SMILES string of the molecule is O=C([O-])C(CO)NS(=O)(=O)c1ccccc1[N+](=O)[O-].[Cs+]. The summed E-state index contributed by atoms with van der Waals surface area (Å²) in [6.45, 7) is -1.04. The van der Waals surface area contributed by atoms with E-state index >= 15 is 0 Å². The number of nitro benzene ring substituents is 1. The minimum Gasteiger partial charge on any atom is -0.548 e. The number of sulfonamides is 1. The van der Waals surface area contributed by atoms with E-state index in [1.54, 1.807) is 4.72 Å². The van der Waals surface area contributed by atoms with Gasteiger partial charge in [-0.3, -0.25) is 10.1 Å². The third-order valence-electron chi connectivity index (χ3n) is 2.12. The van der Waals surface area contributed by atoms with Gasteiger partial charge in [0.2, 0.25) is 10.0 Å². The number of rotatable bonds is 6. The van der Waals surface area contributed by atoms with Gasteiger partial charge in [0.05, 0.1) is 23.5 Å². The van der Waals surface area contributed by atoms with Gasteiger partial charge in [0.25, 0.3) is 5.69 Å². The first-order valence-corrected chi connectivity index (χ1v) is 6.35. The standard InChI is InChI=1S/C9H10N2O7S.Cs/c12-5-6(9(13)14)10-19(17,18)8-4-2-1-3-7(8)11(15)16;/h1-4,6,10,12H,5H2,(H,13,14);/q;+1/p-1. The Hall–Kier alpha value is 0.0119. The minimum atomic E-state index is -4.46. The van der Waals surface area contributed by atoms with Gasteiger partial charge in [-0.1, -0.05) is 12.1 Å². The van der Waals surface area contributed by atoms with Crippen LogP contribution in [0.5, 0.6) is 0 Å². The summed E-state index contributed by atoms with van der Waals surface area (Å²) < 4.78 is 25.2. The molecule has 0 saturated heterocycles. The molecule has 0 aromatic heterocycles. The molecular formula is C9H9CsN2O7S. The number of nitro groups is 1. The number of carboxylic acids is 1. The second-order valence-corrected chi connectivity index (χ2v) is 5.08. The second kappa shape index (κ2) is 8.45. The van der Waals surface area contributed by atoms with E-state index in [0.717, 1.165) is 12.1 Å². The van der Waals surface area contributed by atoms with Crippen LogP contribution in [0.4, 0.5) is 5.69 Å². The second-order valence-electron chi connectivity index (χ2n) is 3.40. The summed E-state index contributed by atoms with van der Waals surface area (Å²) in [6, 6.07) is 2.53. The number of hydrogen-bond acceptors (Lipinski definition) is 7. The van der Waals surface area contributed by atoms with Crippen LogP contribution >= 0.6 is 0 Å². The van der Waals surface area contributed by atoms with E-state index in [1.807, 2.05) is 0 Å². The Kier molecular flexibility index (Phi) is 8.46. The molecule has 0 bridgehead atoms. The van der Waals surface area contributed by atoms with Crippen molar-refractivity contribution in [2.24, 2.45) is 0 Å². The van der Waals surface area contributed by atoms with Crippen molar-refractivity contribution in [2.75, 3.05) is 6.61 Å². The third kappa shape index (κ3) is 5.09. The Morgan fingerprint density at radius 3 is 2.40 bits per heavy atom. The fraction of sp³-hybridized carbons (Fsp3) is 0.222. The zero-order chi connectivity index (χ0) is 14.6. The number of aliphatic hydroxyl groups is 1. The monoisotopic (exact) mass is 422 g/mol. The van der Waals surface area contributed by atoms with Crippen molar-refractivity contribution >= 4 is 21.7 Å². The van der Waals surface area contributed by atoms with Crippen LogP contribution in [0.1, 0.15) is 0 Å². The Labute approximate surface area is 173 Å². The molecule has 1 rings (SSSR count). The smallest absolute Gasteiger partial charge is 0.548 e. The maximum Gasteiger partial charge on any atom is 1.00 e. The fourth-order valence-electron chi connectivity index (χ4n) is 1.25. The summed E-state index contributed by atoms with van der Waals surface area (Å²) in [7, 11) is -4.46. The molecule has 1 unspecified atom stereocenters. The summed E-state index contributed by atoms with van der Waals surface area (Å²) in [4.78, 5) is 19.6. The number of hydrogen-bond donors (Lipinski definition) is 2. The number of carbonyl (C=O) groups excluding carboxylic acids is 1. The minimum absolute atomic E-state index is 0. The van der Waals surface area contributed by atoms with Gasteiger partial charge in [-0.15, -0.1) is 0 Å².